The lowest BCUT2D eigenvalue weighted by atomic mass is 10.0. The molecule has 1 aliphatic heterocycles. The molecule has 1 N–H and O–H groups in total. The van der Waals surface area contributed by atoms with Crippen molar-refractivity contribution in [3.05, 3.63) is 82.1 Å². The molecule has 5 nitrogen and oxygen atoms in total. The van der Waals surface area contributed by atoms with Crippen LogP contribution in [0.15, 0.2) is 54.6 Å². The predicted octanol–water partition coefficient (Wildman–Crippen LogP) is 4.71. The second kappa shape index (κ2) is 9.02. The van der Waals surface area contributed by atoms with E-state index < -0.39 is 0 Å². The molecule has 1 atom stereocenters. The van der Waals surface area contributed by atoms with Gasteiger partial charge >= 0.3 is 0 Å². The highest BCUT2D eigenvalue weighted by molar-refractivity contribution is 6.31. The molecule has 6 heteroatoms. The molecule has 1 aromatic heterocycles. The van der Waals surface area contributed by atoms with E-state index in [9.17, 15) is 4.79 Å². The monoisotopic (exact) mass is 422 g/mol. The van der Waals surface area contributed by atoms with Crippen LogP contribution in [-0.4, -0.2) is 40.2 Å². The van der Waals surface area contributed by atoms with E-state index in [0.717, 1.165) is 40.8 Å². The number of carbonyl (C=O) groups is 1. The Morgan fingerprint density at radius 2 is 1.73 bits per heavy atom. The number of likely N-dealkylation sites (tertiary alicyclic amines) is 1. The van der Waals surface area contributed by atoms with Crippen molar-refractivity contribution in [2.75, 3.05) is 19.6 Å². The van der Waals surface area contributed by atoms with E-state index in [-0.39, 0.29) is 11.9 Å². The van der Waals surface area contributed by atoms with E-state index in [0.29, 0.717) is 12.1 Å². The topological polar surface area (TPSA) is 50.2 Å². The lowest BCUT2D eigenvalue weighted by molar-refractivity contribution is 0.0936. The smallest absolute Gasteiger partial charge is 0.255 e. The highest BCUT2D eigenvalue weighted by Crippen LogP contribution is 2.30. The van der Waals surface area contributed by atoms with Crippen molar-refractivity contribution in [3.8, 4) is 5.69 Å². The summed E-state index contributed by atoms with van der Waals surface area (Å²) in [7, 11) is 0. The molecule has 156 valence electrons. The van der Waals surface area contributed by atoms with Gasteiger partial charge in [-0.25, -0.2) is 4.68 Å². The summed E-state index contributed by atoms with van der Waals surface area (Å²) >= 11 is 6.50. The average Bonchev–Trinajstić information content (AvgIpc) is 3.38. The molecule has 3 aromatic rings. The Morgan fingerprint density at radius 1 is 1.07 bits per heavy atom. The second-order valence-electron chi connectivity index (χ2n) is 7.78. The van der Waals surface area contributed by atoms with Crippen LogP contribution in [0.25, 0.3) is 5.69 Å². The van der Waals surface area contributed by atoms with Crippen molar-refractivity contribution in [1.29, 1.82) is 0 Å². The maximum Gasteiger partial charge on any atom is 0.255 e. The third-order valence-electron chi connectivity index (χ3n) is 5.82. The van der Waals surface area contributed by atoms with Crippen LogP contribution >= 0.6 is 11.6 Å². The number of para-hydroxylation sites is 1. The molecule has 0 radical (unpaired) electrons. The summed E-state index contributed by atoms with van der Waals surface area (Å²) in [6.45, 7) is 6.38. The number of aromatic nitrogens is 2. The largest absolute Gasteiger partial charge is 0.350 e. The maximum absolute atomic E-state index is 13.2. The van der Waals surface area contributed by atoms with Crippen LogP contribution in [0.3, 0.4) is 0 Å². The zero-order valence-corrected chi connectivity index (χ0v) is 18.2. The second-order valence-corrected chi connectivity index (χ2v) is 8.19. The van der Waals surface area contributed by atoms with Crippen LogP contribution in [0, 0.1) is 13.8 Å². The average molecular weight is 423 g/mol. The molecule has 0 spiro atoms. The van der Waals surface area contributed by atoms with Gasteiger partial charge in [0, 0.05) is 11.6 Å². The summed E-state index contributed by atoms with van der Waals surface area (Å²) in [5.41, 5.74) is 4.21. The molecule has 2 heterocycles. The molecule has 0 bridgehead atoms. The first-order valence-corrected chi connectivity index (χ1v) is 10.8. The van der Waals surface area contributed by atoms with Gasteiger partial charge in [0.15, 0.2) is 0 Å². The van der Waals surface area contributed by atoms with Gasteiger partial charge in [0.25, 0.3) is 5.91 Å². The molecule has 30 heavy (non-hydrogen) atoms. The Morgan fingerprint density at radius 3 is 2.43 bits per heavy atom. The summed E-state index contributed by atoms with van der Waals surface area (Å²) < 4.78 is 1.83. The molecular weight excluding hydrogens is 396 g/mol. The third kappa shape index (κ3) is 4.13. The van der Waals surface area contributed by atoms with Crippen molar-refractivity contribution < 1.29 is 4.79 Å². The SMILES string of the molecule is Cc1nn(-c2ccccc2)c(C)c1C(=O)NC[C@H](c1ccccc1Cl)N1CCCC1. The van der Waals surface area contributed by atoms with Crippen molar-refractivity contribution in [2.24, 2.45) is 0 Å². The molecule has 0 saturated carbocycles. The Bertz CT molecular complexity index is 1020. The number of hydrogen-bond acceptors (Lipinski definition) is 3. The summed E-state index contributed by atoms with van der Waals surface area (Å²) in [5.74, 6) is -0.0940. The summed E-state index contributed by atoms with van der Waals surface area (Å²) in [6.07, 6.45) is 2.36. The zero-order chi connectivity index (χ0) is 21.1. The third-order valence-corrected chi connectivity index (χ3v) is 6.16. The predicted molar refractivity (Wildman–Crippen MR) is 120 cm³/mol. The lowest BCUT2D eigenvalue weighted by Gasteiger charge is -2.29. The zero-order valence-electron chi connectivity index (χ0n) is 17.4. The summed E-state index contributed by atoms with van der Waals surface area (Å²) in [6, 6.07) is 17.9. The van der Waals surface area contributed by atoms with E-state index in [1.54, 1.807) is 0 Å². The van der Waals surface area contributed by atoms with Gasteiger partial charge in [-0.2, -0.15) is 5.10 Å². The Labute approximate surface area is 182 Å². The summed E-state index contributed by atoms with van der Waals surface area (Å²) in [5, 5.41) is 8.50. The lowest BCUT2D eigenvalue weighted by Crippen LogP contribution is -2.37. The molecule has 4 rings (SSSR count). The standard InChI is InChI=1S/C24H27ClN4O/c1-17-23(18(2)29(27-17)19-10-4-3-5-11-19)24(30)26-16-22(28-14-8-9-15-28)20-12-6-7-13-21(20)25/h3-7,10-13,22H,8-9,14-16H2,1-2H3,(H,26,30)/t22-/m1/s1. The van der Waals surface area contributed by atoms with E-state index >= 15 is 0 Å². The number of rotatable bonds is 6. The minimum Gasteiger partial charge on any atom is -0.350 e. The first-order chi connectivity index (χ1) is 14.6. The molecule has 1 saturated heterocycles. The van der Waals surface area contributed by atoms with Crippen LogP contribution in [0.4, 0.5) is 0 Å². The fraction of sp³-hybridized carbons (Fsp3) is 0.333. The fourth-order valence-corrected chi connectivity index (χ4v) is 4.57. The molecule has 1 aliphatic rings. The molecule has 2 aromatic carbocycles. The van der Waals surface area contributed by atoms with Crippen LogP contribution in [0.1, 0.15) is 46.2 Å². The first kappa shape index (κ1) is 20.6. The number of nitrogens with one attached hydrogen (secondary N) is 1. The van der Waals surface area contributed by atoms with Crippen molar-refractivity contribution in [2.45, 2.75) is 32.7 Å². The van der Waals surface area contributed by atoms with E-state index in [1.807, 2.05) is 67.1 Å². The van der Waals surface area contributed by atoms with Crippen molar-refractivity contribution >= 4 is 17.5 Å². The number of halogens is 1. The Balaban J connectivity index is 1.56. The first-order valence-electron chi connectivity index (χ1n) is 10.4. The van der Waals surface area contributed by atoms with Crippen LogP contribution < -0.4 is 5.32 Å². The number of aryl methyl sites for hydroxylation is 1. The van der Waals surface area contributed by atoms with Gasteiger partial charge in [-0.1, -0.05) is 48.0 Å². The van der Waals surface area contributed by atoms with E-state index in [4.69, 9.17) is 11.6 Å². The quantitative estimate of drug-likeness (QED) is 0.625. The van der Waals surface area contributed by atoms with Gasteiger partial charge in [0.05, 0.1) is 28.7 Å². The van der Waals surface area contributed by atoms with Gasteiger partial charge in [-0.3, -0.25) is 9.69 Å². The normalized spacial score (nSPS) is 15.3. The van der Waals surface area contributed by atoms with Gasteiger partial charge in [0.1, 0.15) is 0 Å². The van der Waals surface area contributed by atoms with Crippen LogP contribution in [0.5, 0.6) is 0 Å². The highest BCUT2D eigenvalue weighted by Gasteiger charge is 2.27. The van der Waals surface area contributed by atoms with Gasteiger partial charge in [-0.15, -0.1) is 0 Å². The Kier molecular flexibility index (Phi) is 6.21. The number of nitrogens with zero attached hydrogens (tertiary/aromatic N) is 3. The van der Waals surface area contributed by atoms with Gasteiger partial charge in [0.2, 0.25) is 0 Å². The molecular formula is C24H27ClN4O. The number of benzene rings is 2. The molecule has 1 fully saturated rings. The highest BCUT2D eigenvalue weighted by atomic mass is 35.5. The van der Waals surface area contributed by atoms with Crippen molar-refractivity contribution in [3.63, 3.8) is 0 Å². The minimum absolute atomic E-state index is 0.0648. The number of carbonyl (C=O) groups excluding carboxylic acids is 1. The van der Waals surface area contributed by atoms with E-state index in [2.05, 4.69) is 21.4 Å². The van der Waals surface area contributed by atoms with Crippen molar-refractivity contribution in [1.82, 2.24) is 20.0 Å². The maximum atomic E-state index is 13.2. The molecule has 1 amide bonds. The fourth-order valence-electron chi connectivity index (χ4n) is 4.30. The van der Waals surface area contributed by atoms with Crippen LogP contribution in [0.2, 0.25) is 5.02 Å². The van der Waals surface area contributed by atoms with Gasteiger partial charge < -0.3 is 5.32 Å². The van der Waals surface area contributed by atoms with Gasteiger partial charge in [-0.05, 0) is 63.5 Å². The summed E-state index contributed by atoms with van der Waals surface area (Å²) in [4.78, 5) is 15.6. The number of amides is 1. The Hall–Kier alpha value is -2.63. The molecule has 0 aliphatic carbocycles. The molecule has 0 unspecified atom stereocenters. The van der Waals surface area contributed by atoms with E-state index in [1.165, 1.54) is 12.8 Å². The minimum atomic E-state index is -0.0940. The van der Waals surface area contributed by atoms with Crippen LogP contribution in [-0.2, 0) is 0 Å². The number of hydrogen-bond donors (Lipinski definition) is 1.